The van der Waals surface area contributed by atoms with Gasteiger partial charge in [0.05, 0.1) is 0 Å². The Morgan fingerprint density at radius 1 is 0.905 bits per heavy atom. The zero-order chi connectivity index (χ0) is 29.6. The number of piperidine rings is 1. The third kappa shape index (κ3) is 7.00. The second-order valence-electron chi connectivity index (χ2n) is 11.5. The molecule has 0 radical (unpaired) electrons. The number of aromatic hydroxyl groups is 1. The quantitative estimate of drug-likeness (QED) is 0.246. The SMILES string of the molecule is CCOC(Cc1ccc(-c2cccc(CN(C)C(=O)c3ccc4cc(O)ccc4c3)c2)cc1)C(=O)N1CCC(C)CC1. The molecular weight excluding hydrogens is 524 g/mol. The first-order chi connectivity index (χ1) is 20.3. The fourth-order valence-corrected chi connectivity index (χ4v) is 5.68. The van der Waals surface area contributed by atoms with Crippen LogP contribution >= 0.6 is 0 Å². The predicted octanol–water partition coefficient (Wildman–Crippen LogP) is 6.69. The maximum absolute atomic E-state index is 13.2. The minimum Gasteiger partial charge on any atom is -0.508 e. The first-order valence-corrected chi connectivity index (χ1v) is 14.9. The number of nitrogens with zero attached hydrogens (tertiary/aromatic N) is 2. The van der Waals surface area contributed by atoms with Crippen LogP contribution < -0.4 is 0 Å². The molecule has 5 rings (SSSR count). The van der Waals surface area contributed by atoms with E-state index in [1.165, 1.54) is 0 Å². The first kappa shape index (κ1) is 29.3. The van der Waals surface area contributed by atoms with Crippen LogP contribution in [0.4, 0.5) is 0 Å². The Morgan fingerprint density at radius 2 is 1.62 bits per heavy atom. The van der Waals surface area contributed by atoms with Gasteiger partial charge in [-0.3, -0.25) is 9.59 Å². The maximum Gasteiger partial charge on any atom is 0.253 e. The third-order valence-corrected chi connectivity index (χ3v) is 8.21. The molecule has 1 heterocycles. The summed E-state index contributed by atoms with van der Waals surface area (Å²) < 4.78 is 5.90. The van der Waals surface area contributed by atoms with Crippen molar-refractivity contribution in [2.45, 2.75) is 45.8 Å². The normalized spacial score (nSPS) is 14.6. The predicted molar refractivity (Wildman–Crippen MR) is 167 cm³/mol. The molecule has 1 unspecified atom stereocenters. The van der Waals surface area contributed by atoms with Gasteiger partial charge in [-0.1, -0.05) is 61.5 Å². The topological polar surface area (TPSA) is 70.1 Å². The second-order valence-corrected chi connectivity index (χ2v) is 11.5. The highest BCUT2D eigenvalue weighted by Crippen LogP contribution is 2.25. The summed E-state index contributed by atoms with van der Waals surface area (Å²) in [4.78, 5) is 30.1. The van der Waals surface area contributed by atoms with Gasteiger partial charge in [-0.25, -0.2) is 0 Å². The molecule has 1 atom stereocenters. The van der Waals surface area contributed by atoms with Crippen molar-refractivity contribution in [3.8, 4) is 16.9 Å². The third-order valence-electron chi connectivity index (χ3n) is 8.21. The minimum atomic E-state index is -0.458. The molecule has 6 heteroatoms. The molecule has 42 heavy (non-hydrogen) atoms. The van der Waals surface area contributed by atoms with Crippen LogP contribution in [-0.2, 0) is 22.5 Å². The molecule has 4 aromatic rings. The van der Waals surface area contributed by atoms with E-state index in [-0.39, 0.29) is 17.6 Å². The van der Waals surface area contributed by atoms with Crippen molar-refractivity contribution in [3.05, 3.63) is 102 Å². The summed E-state index contributed by atoms with van der Waals surface area (Å²) in [6.45, 7) is 6.80. The van der Waals surface area contributed by atoms with E-state index in [0.717, 1.165) is 59.0 Å². The van der Waals surface area contributed by atoms with Gasteiger partial charge in [-0.2, -0.15) is 0 Å². The summed E-state index contributed by atoms with van der Waals surface area (Å²) in [7, 11) is 1.81. The number of fused-ring (bicyclic) bond motifs is 1. The Kier molecular flexibility index (Phi) is 9.23. The lowest BCUT2D eigenvalue weighted by atomic mass is 9.97. The number of benzene rings is 4. The number of likely N-dealkylation sites (tertiary alicyclic amines) is 1. The lowest BCUT2D eigenvalue weighted by Crippen LogP contribution is -2.45. The monoisotopic (exact) mass is 564 g/mol. The van der Waals surface area contributed by atoms with Gasteiger partial charge < -0.3 is 19.6 Å². The molecule has 0 spiro atoms. The lowest BCUT2D eigenvalue weighted by Gasteiger charge is -2.33. The minimum absolute atomic E-state index is 0.0582. The molecule has 1 N–H and O–H groups in total. The van der Waals surface area contributed by atoms with Gasteiger partial charge >= 0.3 is 0 Å². The van der Waals surface area contributed by atoms with Crippen LogP contribution in [0.1, 0.15) is 48.2 Å². The van der Waals surface area contributed by atoms with E-state index in [1.54, 1.807) is 23.1 Å². The fourth-order valence-electron chi connectivity index (χ4n) is 5.68. The van der Waals surface area contributed by atoms with Crippen LogP contribution in [0, 0.1) is 5.92 Å². The molecule has 0 saturated carbocycles. The van der Waals surface area contributed by atoms with E-state index >= 15 is 0 Å². The van der Waals surface area contributed by atoms with Crippen molar-refractivity contribution in [3.63, 3.8) is 0 Å². The number of hydrogen-bond donors (Lipinski definition) is 1. The van der Waals surface area contributed by atoms with Crippen LogP contribution in [0.3, 0.4) is 0 Å². The number of hydrogen-bond acceptors (Lipinski definition) is 4. The molecule has 0 aromatic heterocycles. The molecular formula is C36H40N2O4. The van der Waals surface area contributed by atoms with Gasteiger partial charge in [0.2, 0.25) is 0 Å². The highest BCUT2D eigenvalue weighted by molar-refractivity contribution is 5.98. The molecule has 6 nitrogen and oxygen atoms in total. The Balaban J connectivity index is 1.23. The lowest BCUT2D eigenvalue weighted by molar-refractivity contribution is -0.144. The summed E-state index contributed by atoms with van der Waals surface area (Å²) in [6, 6.07) is 27.2. The number of carbonyl (C=O) groups excluding carboxylic acids is 2. The summed E-state index contributed by atoms with van der Waals surface area (Å²) in [5.41, 5.74) is 4.88. The molecule has 1 aliphatic rings. The number of amides is 2. The number of rotatable bonds is 9. The van der Waals surface area contributed by atoms with Gasteiger partial charge in [0.15, 0.2) is 0 Å². The van der Waals surface area contributed by atoms with Gasteiger partial charge in [0, 0.05) is 45.3 Å². The average Bonchev–Trinajstić information content (AvgIpc) is 3.00. The molecule has 218 valence electrons. The molecule has 0 bridgehead atoms. The van der Waals surface area contributed by atoms with E-state index in [1.807, 2.05) is 49.2 Å². The number of phenolic OH excluding ortho intramolecular Hbond substituents is 1. The van der Waals surface area contributed by atoms with Crippen molar-refractivity contribution in [1.82, 2.24) is 9.80 Å². The van der Waals surface area contributed by atoms with Crippen molar-refractivity contribution >= 4 is 22.6 Å². The average molecular weight is 565 g/mol. The Labute approximate surface area is 248 Å². The highest BCUT2D eigenvalue weighted by Gasteiger charge is 2.27. The van der Waals surface area contributed by atoms with Gasteiger partial charge in [0.25, 0.3) is 11.8 Å². The van der Waals surface area contributed by atoms with Crippen LogP contribution in [0.5, 0.6) is 5.75 Å². The molecule has 1 aliphatic heterocycles. The van der Waals surface area contributed by atoms with Crippen LogP contribution in [-0.4, -0.2) is 59.6 Å². The highest BCUT2D eigenvalue weighted by atomic mass is 16.5. The summed E-state index contributed by atoms with van der Waals surface area (Å²) in [5, 5.41) is 11.5. The Morgan fingerprint density at radius 3 is 2.36 bits per heavy atom. The first-order valence-electron chi connectivity index (χ1n) is 14.9. The Hall–Kier alpha value is -4.16. The van der Waals surface area contributed by atoms with E-state index in [4.69, 9.17) is 4.74 Å². The van der Waals surface area contributed by atoms with E-state index in [9.17, 15) is 14.7 Å². The van der Waals surface area contributed by atoms with Crippen LogP contribution in [0.2, 0.25) is 0 Å². The smallest absolute Gasteiger partial charge is 0.253 e. The van der Waals surface area contributed by atoms with Crippen molar-refractivity contribution < 1.29 is 19.4 Å². The zero-order valence-electron chi connectivity index (χ0n) is 24.8. The van der Waals surface area contributed by atoms with E-state index in [0.29, 0.717) is 31.1 Å². The summed E-state index contributed by atoms with van der Waals surface area (Å²) in [6.07, 6.45) is 2.21. The van der Waals surface area contributed by atoms with Gasteiger partial charge in [-0.05, 0) is 89.0 Å². The van der Waals surface area contributed by atoms with E-state index < -0.39 is 6.10 Å². The van der Waals surface area contributed by atoms with Gasteiger partial charge in [-0.15, -0.1) is 0 Å². The van der Waals surface area contributed by atoms with Crippen molar-refractivity contribution in [1.29, 1.82) is 0 Å². The van der Waals surface area contributed by atoms with E-state index in [2.05, 4.69) is 43.3 Å². The van der Waals surface area contributed by atoms with Gasteiger partial charge in [0.1, 0.15) is 11.9 Å². The largest absolute Gasteiger partial charge is 0.508 e. The fraction of sp³-hybridized carbons (Fsp3) is 0.333. The van der Waals surface area contributed by atoms with Crippen LogP contribution in [0.25, 0.3) is 21.9 Å². The second kappa shape index (κ2) is 13.2. The zero-order valence-corrected chi connectivity index (χ0v) is 24.8. The summed E-state index contributed by atoms with van der Waals surface area (Å²) in [5.74, 6) is 0.924. The number of phenols is 1. The summed E-state index contributed by atoms with van der Waals surface area (Å²) >= 11 is 0. The molecule has 2 amide bonds. The number of ether oxygens (including phenoxy) is 1. The van der Waals surface area contributed by atoms with Crippen LogP contribution in [0.15, 0.2) is 84.9 Å². The molecule has 0 aliphatic carbocycles. The Bertz CT molecular complexity index is 1540. The number of carbonyl (C=O) groups is 2. The molecule has 4 aromatic carbocycles. The molecule has 1 saturated heterocycles. The van der Waals surface area contributed by atoms with Crippen molar-refractivity contribution in [2.24, 2.45) is 5.92 Å². The maximum atomic E-state index is 13.2. The molecule has 1 fully saturated rings. The van der Waals surface area contributed by atoms with Crippen molar-refractivity contribution in [2.75, 3.05) is 26.7 Å². The standard InChI is InChI=1S/C36H40N2O4/c1-4-42-34(36(41)38-18-16-25(2)17-19-38)21-26-8-10-28(11-9-26)29-7-5-6-27(20-29)24-37(3)35(40)32-13-12-31-23-33(39)15-14-30(31)22-32/h5-15,20,22-23,25,34,39H,4,16-19,21,24H2,1-3H3.